The van der Waals surface area contributed by atoms with Crippen LogP contribution in [0.15, 0.2) is 109 Å². The zero-order valence-electron chi connectivity index (χ0n) is 17.1. The Kier molecular flexibility index (Phi) is 4.48. The third-order valence-electron chi connectivity index (χ3n) is 5.76. The smallest absolute Gasteiger partial charge is 0.0851 e. The van der Waals surface area contributed by atoms with Gasteiger partial charge in [0.15, 0.2) is 0 Å². The van der Waals surface area contributed by atoms with Gasteiger partial charge in [-0.2, -0.15) is 5.10 Å². The van der Waals surface area contributed by atoms with Crippen LogP contribution in [0.2, 0.25) is 5.02 Å². The summed E-state index contributed by atoms with van der Waals surface area (Å²) >= 11 is 6.12. The molecule has 4 aromatic carbocycles. The summed E-state index contributed by atoms with van der Waals surface area (Å²) in [6.45, 7) is 0. The highest BCUT2D eigenvalue weighted by atomic mass is 35.5. The van der Waals surface area contributed by atoms with Gasteiger partial charge in [-0.1, -0.05) is 72.3 Å². The van der Waals surface area contributed by atoms with E-state index in [1.54, 1.807) is 0 Å². The van der Waals surface area contributed by atoms with E-state index in [1.807, 2.05) is 53.5 Å². The van der Waals surface area contributed by atoms with Crippen molar-refractivity contribution in [3.8, 4) is 27.9 Å². The maximum Gasteiger partial charge on any atom is 0.0851 e. The lowest BCUT2D eigenvalue weighted by molar-refractivity contribution is 0.913. The van der Waals surface area contributed by atoms with Gasteiger partial charge in [0.2, 0.25) is 0 Å². The van der Waals surface area contributed by atoms with E-state index < -0.39 is 0 Å². The standard InChI is InChI=1S/C28H18ClN3/c29-23-11-13-24(14-12-23)32-28-22(18-31-32)17-30-27-25(20-9-5-2-6-10-20)15-21(16-26(27)28)19-7-3-1-4-8-19/h1-18H. The van der Waals surface area contributed by atoms with Crippen LogP contribution in [0.3, 0.4) is 0 Å². The van der Waals surface area contributed by atoms with Crippen LogP contribution in [0.1, 0.15) is 0 Å². The minimum Gasteiger partial charge on any atom is -0.255 e. The van der Waals surface area contributed by atoms with Crippen molar-refractivity contribution in [1.29, 1.82) is 0 Å². The molecule has 3 nitrogen and oxygen atoms in total. The molecule has 152 valence electrons. The summed E-state index contributed by atoms with van der Waals surface area (Å²) in [6.07, 6.45) is 3.78. The maximum absolute atomic E-state index is 6.12. The van der Waals surface area contributed by atoms with Crippen molar-refractivity contribution >= 4 is 33.4 Å². The highest BCUT2D eigenvalue weighted by Crippen LogP contribution is 2.36. The summed E-state index contributed by atoms with van der Waals surface area (Å²) in [4.78, 5) is 4.87. The average molecular weight is 432 g/mol. The van der Waals surface area contributed by atoms with Crippen molar-refractivity contribution in [3.05, 3.63) is 114 Å². The molecule has 0 aliphatic rings. The molecule has 0 spiro atoms. The van der Waals surface area contributed by atoms with E-state index in [-0.39, 0.29) is 0 Å². The fourth-order valence-corrected chi connectivity index (χ4v) is 4.35. The number of hydrogen-bond donors (Lipinski definition) is 0. The number of benzene rings is 4. The van der Waals surface area contributed by atoms with Gasteiger partial charge in [-0.3, -0.25) is 4.98 Å². The van der Waals surface area contributed by atoms with Crippen molar-refractivity contribution in [1.82, 2.24) is 14.8 Å². The van der Waals surface area contributed by atoms with Gasteiger partial charge in [-0.15, -0.1) is 0 Å². The van der Waals surface area contributed by atoms with Crippen molar-refractivity contribution < 1.29 is 0 Å². The highest BCUT2D eigenvalue weighted by Gasteiger charge is 2.15. The second-order valence-corrected chi connectivity index (χ2v) is 8.18. The molecular formula is C28H18ClN3. The Morgan fingerprint density at radius 3 is 2.06 bits per heavy atom. The van der Waals surface area contributed by atoms with E-state index in [0.29, 0.717) is 5.02 Å². The summed E-state index contributed by atoms with van der Waals surface area (Å²) in [5.41, 5.74) is 7.51. The quantitative estimate of drug-likeness (QED) is 0.289. The number of hydrogen-bond acceptors (Lipinski definition) is 2. The summed E-state index contributed by atoms with van der Waals surface area (Å²) in [5.74, 6) is 0. The van der Waals surface area contributed by atoms with E-state index in [2.05, 4.69) is 65.8 Å². The zero-order chi connectivity index (χ0) is 21.5. The van der Waals surface area contributed by atoms with E-state index in [4.69, 9.17) is 16.6 Å². The summed E-state index contributed by atoms with van der Waals surface area (Å²) in [7, 11) is 0. The minimum atomic E-state index is 0.703. The molecule has 4 heteroatoms. The molecule has 32 heavy (non-hydrogen) atoms. The Labute approximate surface area is 190 Å². The van der Waals surface area contributed by atoms with Crippen molar-refractivity contribution in [2.45, 2.75) is 0 Å². The Morgan fingerprint density at radius 2 is 1.34 bits per heavy atom. The van der Waals surface area contributed by atoms with Crippen LogP contribution in [0.25, 0.3) is 49.7 Å². The highest BCUT2D eigenvalue weighted by molar-refractivity contribution is 6.30. The van der Waals surface area contributed by atoms with Gasteiger partial charge >= 0.3 is 0 Å². The first-order valence-corrected chi connectivity index (χ1v) is 10.8. The molecule has 2 aromatic heterocycles. The van der Waals surface area contributed by atoms with Crippen molar-refractivity contribution in [2.24, 2.45) is 0 Å². The Hall–Kier alpha value is -3.95. The first-order valence-electron chi connectivity index (χ1n) is 10.5. The summed E-state index contributed by atoms with van der Waals surface area (Å²) in [6, 6.07) is 33.1. The van der Waals surface area contributed by atoms with Gasteiger partial charge < -0.3 is 0 Å². The fourth-order valence-electron chi connectivity index (χ4n) is 4.23. The molecule has 0 aliphatic carbocycles. The summed E-state index contributed by atoms with van der Waals surface area (Å²) < 4.78 is 1.97. The van der Waals surface area contributed by atoms with Gasteiger partial charge in [-0.05, 0) is 53.1 Å². The lowest BCUT2D eigenvalue weighted by atomic mass is 9.95. The number of aromatic nitrogens is 3. The normalized spacial score (nSPS) is 11.3. The zero-order valence-corrected chi connectivity index (χ0v) is 17.9. The molecule has 0 saturated carbocycles. The molecule has 6 aromatic rings. The van der Waals surface area contributed by atoms with Crippen LogP contribution in [0, 0.1) is 0 Å². The average Bonchev–Trinajstić information content (AvgIpc) is 3.30. The first kappa shape index (κ1) is 18.8. The lowest BCUT2D eigenvalue weighted by Gasteiger charge is -2.13. The van der Waals surface area contributed by atoms with E-state index in [1.165, 1.54) is 5.56 Å². The second kappa shape index (κ2) is 7.63. The van der Waals surface area contributed by atoms with Crippen LogP contribution in [0.5, 0.6) is 0 Å². The van der Waals surface area contributed by atoms with Crippen LogP contribution in [-0.2, 0) is 0 Å². The molecule has 2 heterocycles. The third-order valence-corrected chi connectivity index (χ3v) is 6.01. The Morgan fingerprint density at radius 1 is 0.656 bits per heavy atom. The SMILES string of the molecule is Clc1ccc(-n2ncc3cnc4c(-c5ccccc5)cc(-c5ccccc5)cc4c32)cc1. The molecule has 0 atom stereocenters. The van der Waals surface area contributed by atoms with E-state index in [9.17, 15) is 0 Å². The molecule has 0 aliphatic heterocycles. The van der Waals surface area contributed by atoms with Gasteiger partial charge in [-0.25, -0.2) is 4.68 Å². The van der Waals surface area contributed by atoms with Gasteiger partial charge in [0.25, 0.3) is 0 Å². The number of nitrogens with zero attached hydrogens (tertiary/aromatic N) is 3. The molecule has 0 saturated heterocycles. The lowest BCUT2D eigenvalue weighted by Crippen LogP contribution is -1.97. The van der Waals surface area contributed by atoms with Crippen LogP contribution >= 0.6 is 11.6 Å². The molecule has 0 amide bonds. The van der Waals surface area contributed by atoms with Crippen LogP contribution < -0.4 is 0 Å². The molecule has 0 bridgehead atoms. The number of fused-ring (bicyclic) bond motifs is 3. The summed E-state index contributed by atoms with van der Waals surface area (Å²) in [5, 5.41) is 7.45. The minimum absolute atomic E-state index is 0.703. The fraction of sp³-hybridized carbons (Fsp3) is 0. The topological polar surface area (TPSA) is 30.7 Å². The van der Waals surface area contributed by atoms with E-state index in [0.717, 1.165) is 44.2 Å². The first-order chi connectivity index (χ1) is 15.8. The van der Waals surface area contributed by atoms with Gasteiger partial charge in [0, 0.05) is 27.6 Å². The molecular weight excluding hydrogens is 414 g/mol. The number of halogens is 1. The number of pyridine rings is 1. The molecule has 0 fully saturated rings. The third kappa shape index (κ3) is 3.15. The molecule has 0 N–H and O–H groups in total. The predicted octanol–water partition coefficient (Wildman–Crippen LogP) is 7.56. The largest absolute Gasteiger partial charge is 0.255 e. The monoisotopic (exact) mass is 431 g/mol. The van der Waals surface area contributed by atoms with Crippen molar-refractivity contribution in [2.75, 3.05) is 0 Å². The molecule has 0 unspecified atom stereocenters. The maximum atomic E-state index is 6.12. The second-order valence-electron chi connectivity index (χ2n) is 7.75. The van der Waals surface area contributed by atoms with E-state index >= 15 is 0 Å². The Balaban J connectivity index is 1.72. The molecule has 6 rings (SSSR count). The Bertz CT molecular complexity index is 1550. The molecule has 0 radical (unpaired) electrons. The number of rotatable bonds is 3. The van der Waals surface area contributed by atoms with Gasteiger partial charge in [0.05, 0.1) is 22.9 Å². The van der Waals surface area contributed by atoms with Crippen LogP contribution in [0.4, 0.5) is 0 Å². The van der Waals surface area contributed by atoms with Crippen molar-refractivity contribution in [3.63, 3.8) is 0 Å². The van der Waals surface area contributed by atoms with Gasteiger partial charge in [0.1, 0.15) is 0 Å². The van der Waals surface area contributed by atoms with Crippen LogP contribution in [-0.4, -0.2) is 14.8 Å². The predicted molar refractivity (Wildman–Crippen MR) is 132 cm³/mol.